The molecular weight excluding hydrogens is 194 g/mol. The first kappa shape index (κ1) is 11.8. The van der Waals surface area contributed by atoms with Gasteiger partial charge in [0.1, 0.15) is 0 Å². The maximum Gasteiger partial charge on any atom is 0.307 e. The number of hydrogen-bond donors (Lipinski definition) is 0. The van der Waals surface area contributed by atoms with E-state index >= 15 is 0 Å². The number of furan rings is 1. The molecule has 1 rings (SSSR count). The number of nitrogens with zero attached hydrogens (tertiary/aromatic N) is 1. The molecule has 1 aromatic rings. The van der Waals surface area contributed by atoms with Gasteiger partial charge in [0.15, 0.2) is 0 Å². The van der Waals surface area contributed by atoms with Gasteiger partial charge in [-0.2, -0.15) is 0 Å². The Balaban J connectivity index is 2.19. The van der Waals surface area contributed by atoms with E-state index in [0.717, 1.165) is 12.1 Å². The minimum Gasteiger partial charge on any atom is -0.472 e. The van der Waals surface area contributed by atoms with Gasteiger partial charge in [0, 0.05) is 18.7 Å². The standard InChI is InChI=1S/C11H17NO3/c1-3-15-11(13)4-6-12(2)8-10-5-7-14-9-10/h5,7,9H,3-4,6,8H2,1-2H3. The van der Waals surface area contributed by atoms with E-state index in [0.29, 0.717) is 19.6 Å². The SMILES string of the molecule is CCOC(=O)CCN(C)Cc1ccoc1. The molecule has 4 heteroatoms. The van der Waals surface area contributed by atoms with Crippen LogP contribution >= 0.6 is 0 Å². The van der Waals surface area contributed by atoms with E-state index in [-0.39, 0.29) is 5.97 Å². The fourth-order valence-corrected chi connectivity index (χ4v) is 1.29. The van der Waals surface area contributed by atoms with Crippen LogP contribution in [-0.2, 0) is 16.1 Å². The van der Waals surface area contributed by atoms with Gasteiger partial charge in [-0.15, -0.1) is 0 Å². The minimum atomic E-state index is -0.142. The molecule has 0 saturated carbocycles. The van der Waals surface area contributed by atoms with Gasteiger partial charge in [-0.05, 0) is 20.0 Å². The quantitative estimate of drug-likeness (QED) is 0.671. The summed E-state index contributed by atoms with van der Waals surface area (Å²) in [6.45, 7) is 3.75. The van der Waals surface area contributed by atoms with Gasteiger partial charge in [0.25, 0.3) is 0 Å². The Kier molecular flexibility index (Phi) is 4.90. The fourth-order valence-electron chi connectivity index (χ4n) is 1.29. The molecule has 0 aliphatic carbocycles. The van der Waals surface area contributed by atoms with Crippen LogP contribution in [0.4, 0.5) is 0 Å². The van der Waals surface area contributed by atoms with Crippen molar-refractivity contribution < 1.29 is 13.9 Å². The van der Waals surface area contributed by atoms with Crippen molar-refractivity contribution in [2.45, 2.75) is 19.9 Å². The van der Waals surface area contributed by atoms with Crippen LogP contribution in [-0.4, -0.2) is 31.1 Å². The van der Waals surface area contributed by atoms with E-state index in [9.17, 15) is 4.79 Å². The smallest absolute Gasteiger partial charge is 0.307 e. The first-order chi connectivity index (χ1) is 7.22. The number of rotatable bonds is 6. The third-order valence-corrected chi connectivity index (χ3v) is 2.04. The van der Waals surface area contributed by atoms with E-state index in [2.05, 4.69) is 4.90 Å². The summed E-state index contributed by atoms with van der Waals surface area (Å²) in [5.41, 5.74) is 1.11. The summed E-state index contributed by atoms with van der Waals surface area (Å²) in [6, 6.07) is 1.92. The lowest BCUT2D eigenvalue weighted by molar-refractivity contribution is -0.143. The Hall–Kier alpha value is -1.29. The van der Waals surface area contributed by atoms with Crippen molar-refractivity contribution >= 4 is 5.97 Å². The maximum absolute atomic E-state index is 11.1. The molecule has 84 valence electrons. The molecule has 1 aromatic heterocycles. The number of esters is 1. The predicted octanol–water partition coefficient (Wildman–Crippen LogP) is 1.66. The highest BCUT2D eigenvalue weighted by Crippen LogP contribution is 2.04. The molecule has 0 aromatic carbocycles. The number of carbonyl (C=O) groups excluding carboxylic acids is 1. The highest BCUT2D eigenvalue weighted by Gasteiger charge is 2.05. The van der Waals surface area contributed by atoms with Crippen LogP contribution in [0.2, 0.25) is 0 Å². The Morgan fingerprint density at radius 3 is 3.00 bits per heavy atom. The molecule has 0 saturated heterocycles. The molecule has 0 unspecified atom stereocenters. The first-order valence-electron chi connectivity index (χ1n) is 5.07. The zero-order valence-corrected chi connectivity index (χ0v) is 9.23. The molecule has 0 fully saturated rings. The second-order valence-electron chi connectivity index (χ2n) is 3.42. The van der Waals surface area contributed by atoms with Gasteiger partial charge in [-0.3, -0.25) is 4.79 Å². The molecule has 0 radical (unpaired) electrons. The lowest BCUT2D eigenvalue weighted by Crippen LogP contribution is -2.22. The molecule has 1 heterocycles. The Labute approximate surface area is 89.8 Å². The Bertz CT molecular complexity index is 282. The van der Waals surface area contributed by atoms with E-state index < -0.39 is 0 Å². The third-order valence-electron chi connectivity index (χ3n) is 2.04. The lowest BCUT2D eigenvalue weighted by atomic mass is 10.3. The molecule has 4 nitrogen and oxygen atoms in total. The average Bonchev–Trinajstić information content (AvgIpc) is 2.68. The van der Waals surface area contributed by atoms with Crippen LogP contribution in [0.15, 0.2) is 23.0 Å². The molecule has 0 aliphatic heterocycles. The summed E-state index contributed by atoms with van der Waals surface area (Å²) in [6.07, 6.45) is 3.79. The van der Waals surface area contributed by atoms with Crippen molar-refractivity contribution in [1.82, 2.24) is 4.90 Å². The van der Waals surface area contributed by atoms with E-state index in [1.54, 1.807) is 12.5 Å². The summed E-state index contributed by atoms with van der Waals surface area (Å²) in [7, 11) is 1.96. The number of hydrogen-bond acceptors (Lipinski definition) is 4. The lowest BCUT2D eigenvalue weighted by Gasteiger charge is -2.14. The van der Waals surface area contributed by atoms with Crippen molar-refractivity contribution in [3.05, 3.63) is 24.2 Å². The molecule has 0 N–H and O–H groups in total. The molecule has 0 bridgehead atoms. The van der Waals surface area contributed by atoms with Gasteiger partial charge >= 0.3 is 5.97 Å². The van der Waals surface area contributed by atoms with Crippen molar-refractivity contribution in [3.8, 4) is 0 Å². The molecule has 15 heavy (non-hydrogen) atoms. The van der Waals surface area contributed by atoms with Crippen molar-refractivity contribution in [2.24, 2.45) is 0 Å². The van der Waals surface area contributed by atoms with E-state index in [1.807, 2.05) is 20.0 Å². The molecular formula is C11H17NO3. The van der Waals surface area contributed by atoms with Gasteiger partial charge < -0.3 is 14.1 Å². The van der Waals surface area contributed by atoms with E-state index in [1.165, 1.54) is 0 Å². The Morgan fingerprint density at radius 1 is 1.60 bits per heavy atom. The van der Waals surface area contributed by atoms with Gasteiger partial charge in [-0.1, -0.05) is 0 Å². The highest BCUT2D eigenvalue weighted by molar-refractivity contribution is 5.69. The highest BCUT2D eigenvalue weighted by atomic mass is 16.5. The number of carbonyl (C=O) groups is 1. The number of ether oxygens (including phenoxy) is 1. The normalized spacial score (nSPS) is 10.6. The molecule has 0 spiro atoms. The first-order valence-corrected chi connectivity index (χ1v) is 5.07. The average molecular weight is 211 g/mol. The van der Waals surface area contributed by atoms with Gasteiger partial charge in [0.2, 0.25) is 0 Å². The van der Waals surface area contributed by atoms with Crippen LogP contribution in [0.3, 0.4) is 0 Å². The maximum atomic E-state index is 11.1. The minimum absolute atomic E-state index is 0.142. The Morgan fingerprint density at radius 2 is 2.40 bits per heavy atom. The topological polar surface area (TPSA) is 42.7 Å². The van der Waals surface area contributed by atoms with Crippen LogP contribution in [0.1, 0.15) is 18.9 Å². The van der Waals surface area contributed by atoms with Crippen molar-refractivity contribution in [1.29, 1.82) is 0 Å². The van der Waals surface area contributed by atoms with Gasteiger partial charge in [-0.25, -0.2) is 0 Å². The zero-order valence-electron chi connectivity index (χ0n) is 9.23. The molecule has 0 aliphatic rings. The summed E-state index contributed by atoms with van der Waals surface area (Å²) < 4.78 is 9.80. The summed E-state index contributed by atoms with van der Waals surface area (Å²) in [5, 5.41) is 0. The van der Waals surface area contributed by atoms with Crippen LogP contribution in [0.25, 0.3) is 0 Å². The van der Waals surface area contributed by atoms with Crippen LogP contribution in [0.5, 0.6) is 0 Å². The fraction of sp³-hybridized carbons (Fsp3) is 0.545. The second kappa shape index (κ2) is 6.24. The molecule has 0 amide bonds. The second-order valence-corrected chi connectivity index (χ2v) is 3.42. The monoisotopic (exact) mass is 211 g/mol. The largest absolute Gasteiger partial charge is 0.472 e. The third kappa shape index (κ3) is 4.65. The molecule has 0 atom stereocenters. The summed E-state index contributed by atoms with van der Waals surface area (Å²) >= 11 is 0. The zero-order chi connectivity index (χ0) is 11.1. The summed E-state index contributed by atoms with van der Waals surface area (Å²) in [4.78, 5) is 13.1. The predicted molar refractivity (Wildman–Crippen MR) is 56.3 cm³/mol. The van der Waals surface area contributed by atoms with Crippen LogP contribution in [0, 0.1) is 0 Å². The van der Waals surface area contributed by atoms with Crippen molar-refractivity contribution in [3.63, 3.8) is 0 Å². The van der Waals surface area contributed by atoms with Crippen molar-refractivity contribution in [2.75, 3.05) is 20.2 Å². The van der Waals surface area contributed by atoms with E-state index in [4.69, 9.17) is 9.15 Å². The van der Waals surface area contributed by atoms with Gasteiger partial charge in [0.05, 0.1) is 25.6 Å². The van der Waals surface area contributed by atoms with Crippen LogP contribution < -0.4 is 0 Å². The summed E-state index contributed by atoms with van der Waals surface area (Å²) in [5.74, 6) is -0.142.